The molecule has 0 unspecified atom stereocenters. The van der Waals surface area contributed by atoms with E-state index < -0.39 is 25.8 Å². The fraction of sp³-hybridized carbons (Fsp3) is 0.520. The fourth-order valence-corrected chi connectivity index (χ4v) is 5.68. The zero-order valence-corrected chi connectivity index (χ0v) is 20.5. The predicted molar refractivity (Wildman–Crippen MR) is 128 cm³/mol. The molecule has 1 heterocycles. The molecule has 1 aromatic heterocycles. The van der Waals surface area contributed by atoms with Crippen LogP contribution in [0.15, 0.2) is 29.6 Å². The molecule has 0 radical (unpaired) electrons. The van der Waals surface area contributed by atoms with Crippen LogP contribution in [0.5, 0.6) is 0 Å². The average Bonchev–Trinajstić information content (AvgIpc) is 3.19. The van der Waals surface area contributed by atoms with E-state index in [0.717, 1.165) is 24.5 Å². The molecule has 0 bridgehead atoms. The lowest BCUT2D eigenvalue weighted by Crippen LogP contribution is -2.46. The molecule has 3 rings (SSSR count). The summed E-state index contributed by atoms with van der Waals surface area (Å²) in [5.74, 6) is 2.21. The zero-order chi connectivity index (χ0) is 22.5. The van der Waals surface area contributed by atoms with Crippen LogP contribution in [0.4, 0.5) is 8.78 Å². The van der Waals surface area contributed by atoms with Crippen LogP contribution in [-0.2, 0) is 12.0 Å². The van der Waals surface area contributed by atoms with Crippen LogP contribution in [-0.4, -0.2) is 25.8 Å². The first-order valence-corrected chi connectivity index (χ1v) is 15.5. The number of halogens is 2. The van der Waals surface area contributed by atoms with Gasteiger partial charge in [0.2, 0.25) is 0 Å². The zero-order valence-electron chi connectivity index (χ0n) is 18.7. The van der Waals surface area contributed by atoms with Gasteiger partial charge >= 0.3 is 0 Å². The van der Waals surface area contributed by atoms with Crippen molar-refractivity contribution in [1.82, 2.24) is 5.32 Å². The minimum absolute atomic E-state index is 0.117. The van der Waals surface area contributed by atoms with Crippen molar-refractivity contribution in [3.63, 3.8) is 0 Å². The van der Waals surface area contributed by atoms with Gasteiger partial charge in [0.1, 0.15) is 19.7 Å². The van der Waals surface area contributed by atoms with Crippen LogP contribution in [0.25, 0.3) is 0 Å². The minimum Gasteiger partial charge on any atom is -0.392 e. The predicted octanol–water partition coefficient (Wildman–Crippen LogP) is 6.00. The first-order valence-electron chi connectivity index (χ1n) is 11.2. The number of hydrogen-bond acceptors (Lipinski definition) is 3. The third kappa shape index (κ3) is 7.25. The smallest absolute Gasteiger partial charge is 0.129 e. The molecule has 6 heteroatoms. The molecule has 1 aromatic carbocycles. The van der Waals surface area contributed by atoms with E-state index in [4.69, 9.17) is 0 Å². The average molecular weight is 462 g/mol. The van der Waals surface area contributed by atoms with Crippen LogP contribution in [0, 0.1) is 23.1 Å². The van der Waals surface area contributed by atoms with Crippen LogP contribution in [0.3, 0.4) is 0 Å². The molecule has 168 valence electrons. The van der Waals surface area contributed by atoms with Gasteiger partial charge in [-0.2, -0.15) is 0 Å². The summed E-state index contributed by atoms with van der Waals surface area (Å²) in [5, 5.41) is 16.4. The first-order chi connectivity index (χ1) is 14.7. The monoisotopic (exact) mass is 461 g/mol. The van der Waals surface area contributed by atoms with E-state index in [1.165, 1.54) is 36.3 Å². The molecule has 1 aliphatic carbocycles. The molecule has 1 aliphatic rings. The number of thiophene rings is 1. The van der Waals surface area contributed by atoms with Gasteiger partial charge in [-0.3, -0.25) is 0 Å². The summed E-state index contributed by atoms with van der Waals surface area (Å²) in [7, 11) is -1.42. The normalized spacial score (nSPS) is 17.1. The molecule has 0 spiro atoms. The minimum atomic E-state index is -1.42. The fourth-order valence-electron chi connectivity index (χ4n) is 4.08. The van der Waals surface area contributed by atoms with E-state index >= 15 is 0 Å². The lowest BCUT2D eigenvalue weighted by Gasteiger charge is -2.38. The highest BCUT2D eigenvalue weighted by Crippen LogP contribution is 2.40. The molecule has 2 N–H and O–H groups in total. The second-order valence-corrected chi connectivity index (χ2v) is 15.4. The van der Waals surface area contributed by atoms with Gasteiger partial charge in [-0.1, -0.05) is 44.8 Å². The molecule has 1 fully saturated rings. The Hall–Kier alpha value is -1.52. The van der Waals surface area contributed by atoms with Gasteiger partial charge in [0.25, 0.3) is 0 Å². The first kappa shape index (κ1) is 24.1. The van der Waals surface area contributed by atoms with Crippen LogP contribution in [0.1, 0.15) is 54.5 Å². The number of aliphatic hydroxyl groups excluding tert-OH is 1. The number of aryl methyl sites for hydroxylation is 1. The maximum Gasteiger partial charge on any atom is 0.129 e. The maximum absolute atomic E-state index is 13.4. The van der Waals surface area contributed by atoms with E-state index in [1.54, 1.807) is 11.3 Å². The molecule has 2 aromatic rings. The van der Waals surface area contributed by atoms with Gasteiger partial charge in [0.15, 0.2) is 0 Å². The highest BCUT2D eigenvalue weighted by Gasteiger charge is 2.35. The molecular weight excluding hydrogens is 428 g/mol. The maximum atomic E-state index is 13.4. The second-order valence-electron chi connectivity index (χ2n) is 9.69. The van der Waals surface area contributed by atoms with Crippen molar-refractivity contribution < 1.29 is 13.9 Å². The lowest BCUT2D eigenvalue weighted by molar-refractivity contribution is 0.133. The van der Waals surface area contributed by atoms with Crippen LogP contribution in [0.2, 0.25) is 19.6 Å². The van der Waals surface area contributed by atoms with Gasteiger partial charge in [-0.05, 0) is 49.4 Å². The number of hydrogen-bond donors (Lipinski definition) is 2. The van der Waals surface area contributed by atoms with E-state index in [9.17, 15) is 13.9 Å². The van der Waals surface area contributed by atoms with E-state index in [0.29, 0.717) is 24.9 Å². The number of benzene rings is 1. The molecule has 0 saturated heterocycles. The molecule has 2 nitrogen and oxygen atoms in total. The van der Waals surface area contributed by atoms with Crippen molar-refractivity contribution >= 4 is 19.4 Å². The van der Waals surface area contributed by atoms with Crippen molar-refractivity contribution in [2.45, 2.75) is 76.2 Å². The Labute approximate surface area is 190 Å². The number of aliphatic hydroxyl groups is 1. The van der Waals surface area contributed by atoms with E-state index in [1.807, 2.05) is 0 Å². The van der Waals surface area contributed by atoms with Gasteiger partial charge in [-0.25, -0.2) is 8.78 Å². The summed E-state index contributed by atoms with van der Waals surface area (Å²) >= 11 is 1.76. The quantitative estimate of drug-likeness (QED) is 0.392. The Balaban J connectivity index is 1.64. The van der Waals surface area contributed by atoms with Gasteiger partial charge in [0.05, 0.1) is 11.6 Å². The second kappa shape index (κ2) is 10.4. The summed E-state index contributed by atoms with van der Waals surface area (Å²) in [5.41, 5.74) is 4.98. The highest BCUT2D eigenvalue weighted by atomic mass is 32.1. The summed E-state index contributed by atoms with van der Waals surface area (Å²) in [4.78, 5) is 1.30. The molecule has 0 aliphatic heterocycles. The molecule has 0 amide bonds. The van der Waals surface area contributed by atoms with Crippen molar-refractivity contribution in [1.29, 1.82) is 0 Å². The van der Waals surface area contributed by atoms with E-state index in [-0.39, 0.29) is 5.54 Å². The van der Waals surface area contributed by atoms with Crippen molar-refractivity contribution in [3.8, 4) is 11.5 Å². The Morgan fingerprint density at radius 3 is 2.42 bits per heavy atom. The Bertz CT molecular complexity index is 915. The highest BCUT2D eigenvalue weighted by molar-refractivity contribution is 7.10. The van der Waals surface area contributed by atoms with E-state index in [2.05, 4.69) is 47.9 Å². The summed E-state index contributed by atoms with van der Waals surface area (Å²) in [6.07, 6.45) is 6.01. The summed E-state index contributed by atoms with van der Waals surface area (Å²) in [6.45, 7) is 7.21. The van der Waals surface area contributed by atoms with Crippen molar-refractivity contribution in [2.24, 2.45) is 0 Å². The Morgan fingerprint density at radius 1 is 1.10 bits per heavy atom. The topological polar surface area (TPSA) is 32.3 Å². The van der Waals surface area contributed by atoms with Crippen LogP contribution >= 0.6 is 11.3 Å². The third-order valence-electron chi connectivity index (χ3n) is 5.72. The summed E-state index contributed by atoms with van der Waals surface area (Å²) in [6, 6.07) is 5.76. The molecule has 1 saturated carbocycles. The van der Waals surface area contributed by atoms with Crippen molar-refractivity contribution in [3.05, 3.63) is 57.3 Å². The largest absolute Gasteiger partial charge is 0.392 e. The summed E-state index contributed by atoms with van der Waals surface area (Å²) < 4.78 is 26.8. The molecule has 31 heavy (non-hydrogen) atoms. The third-order valence-corrected chi connectivity index (χ3v) is 7.73. The Kier molecular flexibility index (Phi) is 8.09. The Morgan fingerprint density at radius 2 is 1.77 bits per heavy atom. The number of rotatable bonds is 7. The molecule has 1 atom stereocenters. The number of nitrogens with one attached hydrogen (secondary N) is 1. The van der Waals surface area contributed by atoms with Crippen molar-refractivity contribution in [2.75, 3.05) is 6.54 Å². The van der Waals surface area contributed by atoms with Gasteiger partial charge < -0.3 is 10.4 Å². The van der Waals surface area contributed by atoms with Gasteiger partial charge in [-0.15, -0.1) is 16.9 Å². The van der Waals surface area contributed by atoms with Crippen LogP contribution < -0.4 is 5.32 Å². The van der Waals surface area contributed by atoms with Gasteiger partial charge in [0, 0.05) is 28.4 Å². The SMILES string of the molecule is C[Si](C)(C)C#Cc1csc(C2(NC[C@@H](O)CCc3cc(F)cc(F)c3)CCCCC2)c1. The standard InChI is InChI=1S/C25H33F2NOSSi/c1-31(2,3)12-9-20-15-24(30-18-20)25(10-5-4-6-11-25)28-17-23(29)8-7-19-13-21(26)16-22(27)14-19/h13-16,18,23,28-29H,4-8,10-11,17H2,1-3H3/t23-/m0/s1. The molecular formula is C25H33F2NOSSi. The lowest BCUT2D eigenvalue weighted by atomic mass is 9.80.